The molecule has 1 aromatic rings. The molecule has 0 radical (unpaired) electrons. The standard InChI is InChI=1S/C34H46O8/c35-31(23-13-5-1-6-14-23)39-27-21-29(41-33(37)25-17-9-3-10-18-25)30(42-34(38)26-19-11-4-12-20-26)22-28(27)40-32(36)24-15-7-2-8-16-24/h21-26H,1-20H2. The van der Waals surface area contributed by atoms with Crippen LogP contribution in [-0.4, -0.2) is 23.9 Å². The third kappa shape index (κ3) is 8.13. The van der Waals surface area contributed by atoms with Crippen molar-refractivity contribution in [3.63, 3.8) is 0 Å². The maximum absolute atomic E-state index is 13.2. The Bertz CT molecular complexity index is 933. The number of hydrogen-bond acceptors (Lipinski definition) is 8. The van der Waals surface area contributed by atoms with E-state index in [1.807, 2.05) is 0 Å². The fourth-order valence-electron chi connectivity index (χ4n) is 6.96. The first kappa shape index (κ1) is 30.6. The second-order valence-electron chi connectivity index (χ2n) is 12.8. The molecular formula is C34H46O8. The Kier molecular flexibility index (Phi) is 10.9. The molecule has 0 bridgehead atoms. The van der Waals surface area contributed by atoms with E-state index in [9.17, 15) is 19.2 Å². The van der Waals surface area contributed by atoms with Crippen molar-refractivity contribution in [1.82, 2.24) is 0 Å². The lowest BCUT2D eigenvalue weighted by Crippen LogP contribution is -2.26. The normalized spacial score (nSPS) is 21.3. The van der Waals surface area contributed by atoms with Gasteiger partial charge in [0.05, 0.1) is 23.7 Å². The SMILES string of the molecule is O=C(Oc1cc(OC(=O)C2CCCCC2)c(OC(=O)C2CCCCC2)cc1OC(=O)C1CCCCC1)C1CCCCC1. The summed E-state index contributed by atoms with van der Waals surface area (Å²) in [5.74, 6) is -2.45. The van der Waals surface area contributed by atoms with Crippen LogP contribution < -0.4 is 18.9 Å². The summed E-state index contributed by atoms with van der Waals surface area (Å²) in [5.41, 5.74) is 0. The van der Waals surface area contributed by atoms with E-state index in [4.69, 9.17) is 18.9 Å². The minimum Gasteiger partial charge on any atom is -0.422 e. The van der Waals surface area contributed by atoms with Crippen LogP contribution in [0.3, 0.4) is 0 Å². The van der Waals surface area contributed by atoms with Crippen LogP contribution in [0.4, 0.5) is 0 Å². The number of ether oxygens (including phenoxy) is 4. The van der Waals surface area contributed by atoms with E-state index in [1.54, 1.807) is 0 Å². The van der Waals surface area contributed by atoms with Crippen molar-refractivity contribution in [2.45, 2.75) is 128 Å². The van der Waals surface area contributed by atoms with Crippen LogP contribution in [0.15, 0.2) is 12.1 Å². The average molecular weight is 583 g/mol. The van der Waals surface area contributed by atoms with Crippen molar-refractivity contribution in [2.75, 3.05) is 0 Å². The molecule has 0 aromatic heterocycles. The van der Waals surface area contributed by atoms with Crippen LogP contribution in [-0.2, 0) is 19.2 Å². The Morgan fingerprint density at radius 3 is 0.738 bits per heavy atom. The molecule has 4 fully saturated rings. The first-order valence-corrected chi connectivity index (χ1v) is 16.5. The van der Waals surface area contributed by atoms with Crippen LogP contribution in [0.25, 0.3) is 0 Å². The molecule has 8 nitrogen and oxygen atoms in total. The number of carbonyl (C=O) groups excluding carboxylic acids is 4. The predicted molar refractivity (Wildman–Crippen MR) is 155 cm³/mol. The van der Waals surface area contributed by atoms with Gasteiger partial charge < -0.3 is 18.9 Å². The molecule has 0 atom stereocenters. The Balaban J connectivity index is 1.45. The molecule has 4 aliphatic rings. The Labute approximate surface area is 249 Å². The minimum absolute atomic E-state index is 0.0126. The molecule has 230 valence electrons. The van der Waals surface area contributed by atoms with Gasteiger partial charge in [0, 0.05) is 12.1 Å². The first-order valence-electron chi connectivity index (χ1n) is 16.5. The molecule has 4 saturated carbocycles. The highest BCUT2D eigenvalue weighted by Gasteiger charge is 2.32. The lowest BCUT2D eigenvalue weighted by molar-refractivity contribution is -0.143. The summed E-state index contributed by atoms with van der Waals surface area (Å²) in [6.07, 6.45) is 18.0. The molecular weight excluding hydrogens is 536 g/mol. The topological polar surface area (TPSA) is 105 Å². The maximum atomic E-state index is 13.2. The maximum Gasteiger partial charge on any atom is 0.314 e. The zero-order chi connectivity index (χ0) is 29.3. The fourth-order valence-corrected chi connectivity index (χ4v) is 6.96. The van der Waals surface area contributed by atoms with E-state index in [0.717, 1.165) is 128 Å². The molecule has 0 heterocycles. The number of hydrogen-bond donors (Lipinski definition) is 0. The van der Waals surface area contributed by atoms with Gasteiger partial charge in [-0.3, -0.25) is 19.2 Å². The Morgan fingerprint density at radius 1 is 0.357 bits per heavy atom. The summed E-state index contributed by atoms with van der Waals surface area (Å²) in [5, 5.41) is 0. The van der Waals surface area contributed by atoms with Crippen LogP contribution in [0, 0.1) is 23.7 Å². The van der Waals surface area contributed by atoms with Gasteiger partial charge in [-0.05, 0) is 51.4 Å². The summed E-state index contributed by atoms with van der Waals surface area (Å²) in [7, 11) is 0. The van der Waals surface area contributed by atoms with Crippen LogP contribution in [0.1, 0.15) is 128 Å². The third-order valence-corrected chi connectivity index (χ3v) is 9.61. The summed E-state index contributed by atoms with van der Waals surface area (Å²) in [6, 6.07) is 2.79. The smallest absolute Gasteiger partial charge is 0.314 e. The van der Waals surface area contributed by atoms with Crippen molar-refractivity contribution >= 4 is 23.9 Å². The highest BCUT2D eigenvalue weighted by atomic mass is 16.6. The quantitative estimate of drug-likeness (QED) is 0.228. The second kappa shape index (κ2) is 15.0. The largest absolute Gasteiger partial charge is 0.422 e. The van der Waals surface area contributed by atoms with Gasteiger partial charge in [-0.25, -0.2) is 0 Å². The Hall–Kier alpha value is -2.90. The molecule has 0 N–H and O–H groups in total. The van der Waals surface area contributed by atoms with E-state index >= 15 is 0 Å². The van der Waals surface area contributed by atoms with Crippen LogP contribution >= 0.6 is 0 Å². The number of carbonyl (C=O) groups is 4. The summed E-state index contributed by atoms with van der Waals surface area (Å²) in [4.78, 5) is 52.8. The minimum atomic E-state index is -0.388. The first-order chi connectivity index (χ1) is 20.5. The van der Waals surface area contributed by atoms with Crippen molar-refractivity contribution in [1.29, 1.82) is 0 Å². The van der Waals surface area contributed by atoms with Gasteiger partial charge in [0.2, 0.25) is 0 Å². The highest BCUT2D eigenvalue weighted by molar-refractivity contribution is 5.82. The average Bonchev–Trinajstić information content (AvgIpc) is 3.04. The lowest BCUT2D eigenvalue weighted by Gasteiger charge is -2.24. The molecule has 0 spiro atoms. The third-order valence-electron chi connectivity index (χ3n) is 9.61. The van der Waals surface area contributed by atoms with Crippen molar-refractivity contribution in [2.24, 2.45) is 23.7 Å². The summed E-state index contributed by atoms with van der Waals surface area (Å²) in [6.45, 7) is 0. The van der Waals surface area contributed by atoms with Gasteiger partial charge >= 0.3 is 23.9 Å². The molecule has 0 saturated heterocycles. The molecule has 1 aromatic carbocycles. The molecule has 0 amide bonds. The van der Waals surface area contributed by atoms with Gasteiger partial charge in [-0.2, -0.15) is 0 Å². The zero-order valence-electron chi connectivity index (χ0n) is 24.9. The van der Waals surface area contributed by atoms with Crippen LogP contribution in [0.5, 0.6) is 23.0 Å². The van der Waals surface area contributed by atoms with E-state index in [2.05, 4.69) is 0 Å². The van der Waals surface area contributed by atoms with Crippen LogP contribution in [0.2, 0.25) is 0 Å². The summed E-state index contributed by atoms with van der Waals surface area (Å²) < 4.78 is 23.5. The molecule has 42 heavy (non-hydrogen) atoms. The molecule has 0 aliphatic heterocycles. The zero-order valence-corrected chi connectivity index (χ0v) is 24.9. The van der Waals surface area contributed by atoms with Gasteiger partial charge in [0.25, 0.3) is 0 Å². The van der Waals surface area contributed by atoms with E-state index in [-0.39, 0.29) is 70.5 Å². The van der Waals surface area contributed by atoms with Gasteiger partial charge in [-0.15, -0.1) is 0 Å². The van der Waals surface area contributed by atoms with Gasteiger partial charge in [-0.1, -0.05) is 77.0 Å². The van der Waals surface area contributed by atoms with Crippen molar-refractivity contribution in [3.05, 3.63) is 12.1 Å². The number of rotatable bonds is 8. The van der Waals surface area contributed by atoms with E-state index in [1.165, 1.54) is 12.1 Å². The molecule has 4 aliphatic carbocycles. The predicted octanol–water partition coefficient (Wildman–Crippen LogP) is 7.63. The number of esters is 4. The summed E-state index contributed by atoms with van der Waals surface area (Å²) >= 11 is 0. The Morgan fingerprint density at radius 2 is 0.548 bits per heavy atom. The van der Waals surface area contributed by atoms with Gasteiger partial charge in [0.1, 0.15) is 0 Å². The molecule has 5 rings (SSSR count). The van der Waals surface area contributed by atoms with Gasteiger partial charge in [0.15, 0.2) is 23.0 Å². The second-order valence-corrected chi connectivity index (χ2v) is 12.8. The molecule has 8 heteroatoms. The van der Waals surface area contributed by atoms with Crippen molar-refractivity contribution < 1.29 is 38.1 Å². The van der Waals surface area contributed by atoms with E-state index < -0.39 is 0 Å². The highest BCUT2D eigenvalue weighted by Crippen LogP contribution is 2.43. The van der Waals surface area contributed by atoms with E-state index in [0.29, 0.717) is 0 Å². The van der Waals surface area contributed by atoms with Crippen molar-refractivity contribution in [3.8, 4) is 23.0 Å². The monoisotopic (exact) mass is 582 g/mol. The molecule has 0 unspecified atom stereocenters. The number of benzene rings is 1. The lowest BCUT2D eigenvalue weighted by atomic mass is 9.89. The fraction of sp³-hybridized carbons (Fsp3) is 0.706.